The number of hydrogen-bond donors (Lipinski definition) is 2. The number of carbonyl (C=O) groups excluding carboxylic acids is 1. The molecule has 2 rings (SSSR count). The second-order valence-electron chi connectivity index (χ2n) is 6.23. The Bertz CT molecular complexity index is 725. The van der Waals surface area contributed by atoms with Crippen LogP contribution in [0.2, 0.25) is 5.15 Å². The van der Waals surface area contributed by atoms with Gasteiger partial charge in [0.1, 0.15) is 11.4 Å². The molecule has 1 aromatic heterocycles. The molecule has 1 aromatic carbocycles. The minimum Gasteiger partial charge on any atom is -0.465 e. The molecule has 0 radical (unpaired) electrons. The number of nitrogens with zero attached hydrogens (tertiary/aromatic N) is 2. The van der Waals surface area contributed by atoms with Gasteiger partial charge in [0.2, 0.25) is 5.95 Å². The van der Waals surface area contributed by atoms with Gasteiger partial charge in [-0.05, 0) is 12.0 Å². The summed E-state index contributed by atoms with van der Waals surface area (Å²) in [5.74, 6) is 0.194. The van der Waals surface area contributed by atoms with E-state index in [1.807, 2.05) is 30.3 Å². The molecule has 0 spiro atoms. The van der Waals surface area contributed by atoms with E-state index in [0.717, 1.165) is 24.9 Å². The largest absolute Gasteiger partial charge is 0.465 e. The maximum atomic E-state index is 12.1. The number of methoxy groups -OCH3 is 1. The Labute approximate surface area is 165 Å². The van der Waals surface area contributed by atoms with Crippen LogP contribution in [0.3, 0.4) is 0 Å². The number of halogens is 1. The van der Waals surface area contributed by atoms with E-state index in [1.54, 1.807) is 0 Å². The number of nitrogens with one attached hydrogen (secondary N) is 2. The maximum Gasteiger partial charge on any atom is 0.344 e. The second-order valence-corrected chi connectivity index (χ2v) is 6.59. The van der Waals surface area contributed by atoms with Gasteiger partial charge in [-0.2, -0.15) is 4.98 Å². The van der Waals surface area contributed by atoms with Crippen molar-refractivity contribution in [2.75, 3.05) is 24.3 Å². The van der Waals surface area contributed by atoms with Crippen LogP contribution >= 0.6 is 11.6 Å². The van der Waals surface area contributed by atoms with Crippen molar-refractivity contribution in [3.8, 4) is 0 Å². The summed E-state index contributed by atoms with van der Waals surface area (Å²) >= 11 is 6.24. The van der Waals surface area contributed by atoms with Crippen molar-refractivity contribution >= 4 is 29.3 Å². The number of rotatable bonds is 11. The fourth-order valence-electron chi connectivity index (χ4n) is 2.63. The van der Waals surface area contributed by atoms with Gasteiger partial charge in [0, 0.05) is 13.1 Å². The Balaban J connectivity index is 2.08. The van der Waals surface area contributed by atoms with E-state index >= 15 is 0 Å². The molecule has 0 saturated carbocycles. The summed E-state index contributed by atoms with van der Waals surface area (Å²) in [6, 6.07) is 9.84. The first-order chi connectivity index (χ1) is 13.2. The molecule has 0 fully saturated rings. The molecule has 2 N–H and O–H groups in total. The maximum absolute atomic E-state index is 12.1. The average Bonchev–Trinajstić information content (AvgIpc) is 2.69. The molecule has 0 amide bonds. The summed E-state index contributed by atoms with van der Waals surface area (Å²) in [7, 11) is 1.31. The molecular weight excluding hydrogens is 364 g/mol. The lowest BCUT2D eigenvalue weighted by Crippen LogP contribution is -2.15. The zero-order valence-electron chi connectivity index (χ0n) is 15.9. The van der Waals surface area contributed by atoms with E-state index in [4.69, 9.17) is 16.3 Å². The Morgan fingerprint density at radius 1 is 1.07 bits per heavy atom. The smallest absolute Gasteiger partial charge is 0.344 e. The van der Waals surface area contributed by atoms with E-state index in [1.165, 1.54) is 26.4 Å². The molecule has 0 unspecified atom stereocenters. The lowest BCUT2D eigenvalue weighted by Gasteiger charge is -2.13. The van der Waals surface area contributed by atoms with Gasteiger partial charge in [-0.3, -0.25) is 0 Å². The van der Waals surface area contributed by atoms with Crippen molar-refractivity contribution in [2.45, 2.75) is 45.6 Å². The third-order valence-corrected chi connectivity index (χ3v) is 4.39. The molecule has 0 aliphatic carbocycles. The second kappa shape index (κ2) is 11.4. The van der Waals surface area contributed by atoms with Gasteiger partial charge in [-0.1, -0.05) is 74.5 Å². The van der Waals surface area contributed by atoms with Gasteiger partial charge in [0.05, 0.1) is 7.11 Å². The number of aromatic nitrogens is 2. The predicted octanol–water partition coefficient (Wildman–Crippen LogP) is 4.91. The summed E-state index contributed by atoms with van der Waals surface area (Å²) in [6.07, 6.45) is 5.90. The van der Waals surface area contributed by atoms with E-state index in [0.29, 0.717) is 18.3 Å². The number of carbonyl (C=O) groups is 1. The van der Waals surface area contributed by atoms with Crippen LogP contribution in [0.15, 0.2) is 30.3 Å². The SMILES string of the molecule is CCCCCCCNc1nc(Cl)c(C(=O)OC)c(NCc2ccccc2)n1. The van der Waals surface area contributed by atoms with Crippen LogP contribution in [0.1, 0.15) is 54.9 Å². The molecular formula is C20H27ClN4O2. The Morgan fingerprint density at radius 3 is 2.52 bits per heavy atom. The number of unbranched alkanes of at least 4 members (excludes halogenated alkanes) is 4. The molecule has 27 heavy (non-hydrogen) atoms. The predicted molar refractivity (Wildman–Crippen MR) is 109 cm³/mol. The first kappa shape index (κ1) is 21.0. The van der Waals surface area contributed by atoms with Crippen molar-refractivity contribution < 1.29 is 9.53 Å². The highest BCUT2D eigenvalue weighted by Gasteiger charge is 2.20. The van der Waals surface area contributed by atoms with Gasteiger partial charge in [-0.15, -0.1) is 0 Å². The Kier molecular flexibility index (Phi) is 8.84. The van der Waals surface area contributed by atoms with Crippen molar-refractivity contribution in [3.63, 3.8) is 0 Å². The first-order valence-electron chi connectivity index (χ1n) is 9.33. The molecule has 2 aromatic rings. The van der Waals surface area contributed by atoms with Crippen LogP contribution in [-0.4, -0.2) is 29.6 Å². The molecule has 0 aliphatic rings. The van der Waals surface area contributed by atoms with Crippen LogP contribution < -0.4 is 10.6 Å². The molecule has 0 saturated heterocycles. The summed E-state index contributed by atoms with van der Waals surface area (Å²) < 4.78 is 4.82. The molecule has 1 heterocycles. The van der Waals surface area contributed by atoms with Gasteiger partial charge in [0.15, 0.2) is 5.15 Å². The van der Waals surface area contributed by atoms with Crippen molar-refractivity contribution in [1.82, 2.24) is 9.97 Å². The van der Waals surface area contributed by atoms with Crippen LogP contribution in [-0.2, 0) is 11.3 Å². The van der Waals surface area contributed by atoms with Gasteiger partial charge in [-0.25, -0.2) is 9.78 Å². The van der Waals surface area contributed by atoms with Gasteiger partial charge >= 0.3 is 5.97 Å². The van der Waals surface area contributed by atoms with Crippen LogP contribution in [0.25, 0.3) is 0 Å². The summed E-state index contributed by atoms with van der Waals surface area (Å²) in [5, 5.41) is 6.42. The highest BCUT2D eigenvalue weighted by Crippen LogP contribution is 2.24. The Morgan fingerprint density at radius 2 is 1.81 bits per heavy atom. The third kappa shape index (κ3) is 6.71. The standard InChI is InChI=1S/C20H27ClN4O2/c1-3-4-5-6-10-13-22-20-24-17(21)16(19(26)27-2)18(25-20)23-14-15-11-8-7-9-12-15/h7-9,11-12H,3-6,10,13-14H2,1-2H3,(H2,22,23,24,25). The van der Waals surface area contributed by atoms with Crippen LogP contribution in [0, 0.1) is 0 Å². The average molecular weight is 391 g/mol. The normalized spacial score (nSPS) is 10.5. The summed E-state index contributed by atoms with van der Waals surface area (Å²) in [6.45, 7) is 3.46. The fraction of sp³-hybridized carbons (Fsp3) is 0.450. The topological polar surface area (TPSA) is 76.1 Å². The van der Waals surface area contributed by atoms with E-state index in [2.05, 4.69) is 27.5 Å². The number of hydrogen-bond acceptors (Lipinski definition) is 6. The quantitative estimate of drug-likeness (QED) is 0.322. The van der Waals surface area contributed by atoms with Crippen LogP contribution in [0.4, 0.5) is 11.8 Å². The molecule has 0 atom stereocenters. The van der Waals surface area contributed by atoms with Crippen molar-refractivity contribution in [1.29, 1.82) is 0 Å². The van der Waals surface area contributed by atoms with E-state index < -0.39 is 5.97 Å². The lowest BCUT2D eigenvalue weighted by molar-refractivity contribution is 0.0601. The molecule has 7 heteroatoms. The number of benzene rings is 1. The zero-order valence-corrected chi connectivity index (χ0v) is 16.7. The highest BCUT2D eigenvalue weighted by molar-refractivity contribution is 6.33. The Hall–Kier alpha value is -2.34. The first-order valence-corrected chi connectivity index (χ1v) is 9.71. The minimum absolute atomic E-state index is 0.0703. The number of ether oxygens (including phenoxy) is 1. The van der Waals surface area contributed by atoms with Crippen molar-refractivity contribution in [2.24, 2.45) is 0 Å². The minimum atomic E-state index is -0.568. The summed E-state index contributed by atoms with van der Waals surface area (Å²) in [5.41, 5.74) is 1.21. The number of anilines is 2. The third-order valence-electron chi connectivity index (χ3n) is 4.12. The van der Waals surface area contributed by atoms with Gasteiger partial charge in [0.25, 0.3) is 0 Å². The highest BCUT2D eigenvalue weighted by atomic mass is 35.5. The molecule has 146 valence electrons. The zero-order chi connectivity index (χ0) is 19.5. The fourth-order valence-corrected chi connectivity index (χ4v) is 2.88. The van der Waals surface area contributed by atoms with Crippen LogP contribution in [0.5, 0.6) is 0 Å². The van der Waals surface area contributed by atoms with Gasteiger partial charge < -0.3 is 15.4 Å². The monoisotopic (exact) mass is 390 g/mol. The summed E-state index contributed by atoms with van der Waals surface area (Å²) in [4.78, 5) is 20.7. The lowest BCUT2D eigenvalue weighted by atomic mass is 10.1. The molecule has 0 bridgehead atoms. The molecule has 0 aliphatic heterocycles. The number of esters is 1. The van der Waals surface area contributed by atoms with E-state index in [9.17, 15) is 4.79 Å². The van der Waals surface area contributed by atoms with Crippen molar-refractivity contribution in [3.05, 3.63) is 46.6 Å². The van der Waals surface area contributed by atoms with E-state index in [-0.39, 0.29) is 10.7 Å². The molecule has 6 nitrogen and oxygen atoms in total.